The molecular formula is C17H23NOS. The molecule has 0 saturated heterocycles. The van der Waals surface area contributed by atoms with Crippen molar-refractivity contribution < 1.29 is 4.79 Å². The number of amides is 1. The standard InChI is InChI=1S/C17H23NOS/c1-12-2-4-13(5-3-12)10-20-11-17(19)18-16-9-14-6-7-15(16)8-14/h2-5,14-16H,6-11H2,1H3,(H,18,19)/t14-,15-,16+/m0/s1. The van der Waals surface area contributed by atoms with Crippen LogP contribution in [0.25, 0.3) is 0 Å². The molecule has 0 unspecified atom stereocenters. The highest BCUT2D eigenvalue weighted by atomic mass is 32.2. The van der Waals surface area contributed by atoms with Crippen LogP contribution in [0.1, 0.15) is 36.8 Å². The van der Waals surface area contributed by atoms with Gasteiger partial charge in [-0.2, -0.15) is 0 Å². The topological polar surface area (TPSA) is 29.1 Å². The molecule has 1 amide bonds. The summed E-state index contributed by atoms with van der Waals surface area (Å²) < 4.78 is 0. The summed E-state index contributed by atoms with van der Waals surface area (Å²) >= 11 is 1.71. The Balaban J connectivity index is 1.38. The van der Waals surface area contributed by atoms with Crippen LogP contribution in [0, 0.1) is 18.8 Å². The van der Waals surface area contributed by atoms with Gasteiger partial charge in [-0.25, -0.2) is 0 Å². The van der Waals surface area contributed by atoms with Gasteiger partial charge < -0.3 is 5.32 Å². The molecule has 0 spiro atoms. The third-order valence-corrected chi connectivity index (χ3v) is 5.71. The highest BCUT2D eigenvalue weighted by molar-refractivity contribution is 7.99. The molecule has 20 heavy (non-hydrogen) atoms. The lowest BCUT2D eigenvalue weighted by Crippen LogP contribution is -2.39. The number of nitrogens with one attached hydrogen (secondary N) is 1. The van der Waals surface area contributed by atoms with Crippen LogP contribution in [0.15, 0.2) is 24.3 Å². The monoisotopic (exact) mass is 289 g/mol. The quantitative estimate of drug-likeness (QED) is 0.898. The molecule has 2 saturated carbocycles. The van der Waals surface area contributed by atoms with E-state index in [9.17, 15) is 4.79 Å². The van der Waals surface area contributed by atoms with E-state index in [1.807, 2.05) is 0 Å². The van der Waals surface area contributed by atoms with Crippen molar-refractivity contribution in [2.45, 2.75) is 44.4 Å². The van der Waals surface area contributed by atoms with Crippen LogP contribution < -0.4 is 5.32 Å². The lowest BCUT2D eigenvalue weighted by atomic mass is 9.95. The summed E-state index contributed by atoms with van der Waals surface area (Å²) in [5.41, 5.74) is 2.58. The highest BCUT2D eigenvalue weighted by Gasteiger charge is 2.39. The zero-order valence-corrected chi connectivity index (χ0v) is 12.9. The predicted molar refractivity (Wildman–Crippen MR) is 84.7 cm³/mol. The number of rotatable bonds is 5. The van der Waals surface area contributed by atoms with Gasteiger partial charge in [0.15, 0.2) is 0 Å². The third-order valence-electron chi connectivity index (χ3n) is 4.71. The van der Waals surface area contributed by atoms with Crippen LogP contribution >= 0.6 is 11.8 Å². The normalized spacial score (nSPS) is 27.8. The first-order valence-corrected chi connectivity index (χ1v) is 8.79. The molecule has 108 valence electrons. The molecule has 1 aromatic rings. The summed E-state index contributed by atoms with van der Waals surface area (Å²) in [6, 6.07) is 9.03. The van der Waals surface area contributed by atoms with E-state index in [1.54, 1.807) is 11.8 Å². The van der Waals surface area contributed by atoms with Gasteiger partial charge in [0.25, 0.3) is 0 Å². The zero-order valence-electron chi connectivity index (χ0n) is 12.1. The minimum atomic E-state index is 0.222. The average Bonchev–Trinajstić information content (AvgIpc) is 3.03. The molecule has 3 rings (SSSR count). The Bertz CT molecular complexity index is 470. The smallest absolute Gasteiger partial charge is 0.230 e. The Kier molecular flexibility index (Phi) is 4.35. The molecule has 1 N–H and O–H groups in total. The van der Waals surface area contributed by atoms with E-state index < -0.39 is 0 Å². The van der Waals surface area contributed by atoms with E-state index in [0.29, 0.717) is 11.8 Å². The van der Waals surface area contributed by atoms with Gasteiger partial charge >= 0.3 is 0 Å². The lowest BCUT2D eigenvalue weighted by Gasteiger charge is -2.22. The van der Waals surface area contributed by atoms with Crippen molar-refractivity contribution in [2.75, 3.05) is 5.75 Å². The second-order valence-corrected chi connectivity index (χ2v) is 7.31. The van der Waals surface area contributed by atoms with E-state index in [0.717, 1.165) is 17.6 Å². The molecule has 2 aliphatic carbocycles. The Morgan fingerprint density at radius 2 is 2.05 bits per heavy atom. The minimum Gasteiger partial charge on any atom is -0.352 e. The summed E-state index contributed by atoms with van der Waals surface area (Å²) in [6.07, 6.45) is 5.28. The van der Waals surface area contributed by atoms with Gasteiger partial charge in [-0.1, -0.05) is 36.2 Å². The molecule has 3 heteroatoms. The fourth-order valence-corrected chi connectivity index (χ4v) is 4.41. The fourth-order valence-electron chi connectivity index (χ4n) is 3.62. The summed E-state index contributed by atoms with van der Waals surface area (Å²) in [7, 11) is 0. The highest BCUT2D eigenvalue weighted by Crippen LogP contribution is 2.44. The summed E-state index contributed by atoms with van der Waals surface area (Å²) in [6.45, 7) is 2.10. The second-order valence-electron chi connectivity index (χ2n) is 6.33. The Hall–Kier alpha value is -0.960. The number of carbonyl (C=O) groups excluding carboxylic acids is 1. The van der Waals surface area contributed by atoms with Gasteiger partial charge in [0, 0.05) is 11.8 Å². The van der Waals surface area contributed by atoms with Crippen LogP contribution in [0.2, 0.25) is 0 Å². The average molecular weight is 289 g/mol. The lowest BCUT2D eigenvalue weighted by molar-refractivity contribution is -0.119. The maximum Gasteiger partial charge on any atom is 0.230 e. The summed E-state index contributed by atoms with van der Waals surface area (Å²) in [5.74, 6) is 3.39. The molecule has 2 fully saturated rings. The molecule has 3 atom stereocenters. The molecule has 2 nitrogen and oxygen atoms in total. The van der Waals surface area contributed by atoms with E-state index in [4.69, 9.17) is 0 Å². The number of hydrogen-bond acceptors (Lipinski definition) is 2. The van der Waals surface area contributed by atoms with Gasteiger partial charge in [-0.05, 0) is 43.6 Å². The minimum absolute atomic E-state index is 0.222. The summed E-state index contributed by atoms with van der Waals surface area (Å²) in [5, 5.41) is 3.25. The van der Waals surface area contributed by atoms with Crippen molar-refractivity contribution >= 4 is 17.7 Å². The van der Waals surface area contributed by atoms with Crippen molar-refractivity contribution in [3.63, 3.8) is 0 Å². The van der Waals surface area contributed by atoms with E-state index >= 15 is 0 Å². The van der Waals surface area contributed by atoms with Crippen molar-refractivity contribution in [3.05, 3.63) is 35.4 Å². The van der Waals surface area contributed by atoms with Gasteiger partial charge in [-0.3, -0.25) is 4.79 Å². The van der Waals surface area contributed by atoms with Crippen molar-refractivity contribution in [2.24, 2.45) is 11.8 Å². The largest absolute Gasteiger partial charge is 0.352 e. The van der Waals surface area contributed by atoms with Crippen LogP contribution in [0.3, 0.4) is 0 Å². The van der Waals surface area contributed by atoms with Crippen molar-refractivity contribution in [1.29, 1.82) is 0 Å². The first-order valence-electron chi connectivity index (χ1n) is 7.63. The third kappa shape index (κ3) is 3.38. The van der Waals surface area contributed by atoms with Crippen molar-refractivity contribution in [3.8, 4) is 0 Å². The Morgan fingerprint density at radius 3 is 2.70 bits per heavy atom. The molecule has 2 bridgehead atoms. The SMILES string of the molecule is Cc1ccc(CSCC(=O)N[C@@H]2C[C@H]3CC[C@H]2C3)cc1. The van der Waals surface area contributed by atoms with E-state index in [2.05, 4.69) is 36.5 Å². The van der Waals surface area contributed by atoms with Gasteiger partial charge in [-0.15, -0.1) is 11.8 Å². The number of fused-ring (bicyclic) bond motifs is 2. The van der Waals surface area contributed by atoms with Crippen LogP contribution in [-0.2, 0) is 10.5 Å². The van der Waals surface area contributed by atoms with E-state index in [1.165, 1.54) is 36.8 Å². The van der Waals surface area contributed by atoms with Crippen LogP contribution in [0.4, 0.5) is 0 Å². The number of aryl methyl sites for hydroxylation is 1. The number of thioether (sulfide) groups is 1. The first-order chi connectivity index (χ1) is 9.70. The number of carbonyl (C=O) groups is 1. The van der Waals surface area contributed by atoms with E-state index in [-0.39, 0.29) is 5.91 Å². The molecule has 0 aliphatic heterocycles. The number of hydrogen-bond donors (Lipinski definition) is 1. The first kappa shape index (κ1) is 14.0. The fraction of sp³-hybridized carbons (Fsp3) is 0.588. The maximum atomic E-state index is 12.0. The predicted octanol–water partition coefficient (Wildman–Crippen LogP) is 3.53. The molecule has 0 heterocycles. The number of benzene rings is 1. The molecule has 2 aliphatic rings. The van der Waals surface area contributed by atoms with Crippen LogP contribution in [-0.4, -0.2) is 17.7 Å². The maximum absolute atomic E-state index is 12.0. The molecule has 0 aromatic heterocycles. The van der Waals surface area contributed by atoms with Gasteiger partial charge in [0.2, 0.25) is 5.91 Å². The Morgan fingerprint density at radius 1 is 1.25 bits per heavy atom. The van der Waals surface area contributed by atoms with Gasteiger partial charge in [0.05, 0.1) is 5.75 Å². The molecule has 0 radical (unpaired) electrons. The molecular weight excluding hydrogens is 266 g/mol. The van der Waals surface area contributed by atoms with Crippen molar-refractivity contribution in [1.82, 2.24) is 5.32 Å². The zero-order chi connectivity index (χ0) is 13.9. The summed E-state index contributed by atoms with van der Waals surface area (Å²) in [4.78, 5) is 12.0. The second kappa shape index (κ2) is 6.21. The van der Waals surface area contributed by atoms with Crippen LogP contribution in [0.5, 0.6) is 0 Å². The Labute approximate surface area is 125 Å². The molecule has 1 aromatic carbocycles. The van der Waals surface area contributed by atoms with Gasteiger partial charge in [0.1, 0.15) is 0 Å².